The number of benzene rings is 1. The van der Waals surface area contributed by atoms with Crippen LogP contribution >= 0.6 is 0 Å². The Labute approximate surface area is 144 Å². The van der Waals surface area contributed by atoms with Gasteiger partial charge in [-0.3, -0.25) is 4.98 Å². The summed E-state index contributed by atoms with van der Waals surface area (Å²) in [5.74, 6) is 0.817. The molecule has 0 atom stereocenters. The lowest BCUT2D eigenvalue weighted by molar-refractivity contribution is 0.313. The second kappa shape index (κ2) is 6.05. The van der Waals surface area contributed by atoms with Crippen LogP contribution in [0.3, 0.4) is 0 Å². The third-order valence-electron chi connectivity index (χ3n) is 4.18. The third-order valence-corrected chi connectivity index (χ3v) is 4.18. The van der Waals surface area contributed by atoms with Crippen molar-refractivity contribution in [3.63, 3.8) is 0 Å². The molecule has 2 aromatic heterocycles. The summed E-state index contributed by atoms with van der Waals surface area (Å²) >= 11 is 0. The average molecular weight is 336 g/mol. The van der Waals surface area contributed by atoms with Crippen LogP contribution in [0.25, 0.3) is 11.3 Å². The Balaban J connectivity index is 1.82. The number of aromatic nitrogens is 2. The SMILES string of the molecule is Cc1ccc(F)c(-c2cc3c(cn2)OCCN3c2ccnc(N)c2)c1. The van der Waals surface area contributed by atoms with Crippen molar-refractivity contribution in [2.24, 2.45) is 0 Å². The highest BCUT2D eigenvalue weighted by Gasteiger charge is 2.22. The van der Waals surface area contributed by atoms with Gasteiger partial charge < -0.3 is 15.4 Å². The highest BCUT2D eigenvalue weighted by Crippen LogP contribution is 2.38. The number of fused-ring (bicyclic) bond motifs is 1. The molecule has 6 heteroatoms. The van der Waals surface area contributed by atoms with Gasteiger partial charge in [-0.25, -0.2) is 9.37 Å². The lowest BCUT2D eigenvalue weighted by atomic mass is 10.1. The van der Waals surface area contributed by atoms with E-state index in [9.17, 15) is 4.39 Å². The monoisotopic (exact) mass is 336 g/mol. The van der Waals surface area contributed by atoms with E-state index in [4.69, 9.17) is 10.5 Å². The van der Waals surface area contributed by atoms with Crippen molar-refractivity contribution in [3.8, 4) is 17.0 Å². The normalized spacial score (nSPS) is 13.3. The van der Waals surface area contributed by atoms with E-state index in [0.29, 0.717) is 36.0 Å². The topological polar surface area (TPSA) is 64.3 Å². The molecule has 0 aliphatic carbocycles. The van der Waals surface area contributed by atoms with Crippen LogP contribution in [-0.2, 0) is 0 Å². The molecule has 0 unspecified atom stereocenters. The average Bonchev–Trinajstić information content (AvgIpc) is 2.63. The molecule has 1 aromatic carbocycles. The number of nitrogens with two attached hydrogens (primary N) is 1. The minimum Gasteiger partial charge on any atom is -0.488 e. The minimum atomic E-state index is -0.297. The molecule has 0 saturated heterocycles. The number of ether oxygens (including phenoxy) is 1. The van der Waals surface area contributed by atoms with Gasteiger partial charge in [0.25, 0.3) is 0 Å². The quantitative estimate of drug-likeness (QED) is 0.773. The Morgan fingerprint density at radius 1 is 1.16 bits per heavy atom. The molecule has 3 heterocycles. The molecular formula is C19H17FN4O. The molecule has 0 radical (unpaired) electrons. The van der Waals surface area contributed by atoms with Gasteiger partial charge in [0, 0.05) is 23.5 Å². The summed E-state index contributed by atoms with van der Waals surface area (Å²) in [5, 5.41) is 0. The highest BCUT2D eigenvalue weighted by molar-refractivity contribution is 5.76. The zero-order valence-corrected chi connectivity index (χ0v) is 13.7. The van der Waals surface area contributed by atoms with Crippen molar-refractivity contribution in [2.75, 3.05) is 23.8 Å². The Bertz CT molecular complexity index is 944. The van der Waals surface area contributed by atoms with Gasteiger partial charge in [-0.15, -0.1) is 0 Å². The Kier molecular flexibility index (Phi) is 3.72. The molecule has 1 aliphatic heterocycles. The smallest absolute Gasteiger partial charge is 0.161 e. The number of aryl methyl sites for hydroxylation is 1. The van der Waals surface area contributed by atoms with Gasteiger partial charge in [-0.05, 0) is 31.2 Å². The van der Waals surface area contributed by atoms with E-state index in [1.54, 1.807) is 24.5 Å². The van der Waals surface area contributed by atoms with Gasteiger partial charge in [0.2, 0.25) is 0 Å². The van der Waals surface area contributed by atoms with Crippen LogP contribution in [0.1, 0.15) is 5.56 Å². The van der Waals surface area contributed by atoms with E-state index in [-0.39, 0.29) is 5.82 Å². The second-order valence-corrected chi connectivity index (χ2v) is 5.96. The fourth-order valence-electron chi connectivity index (χ4n) is 2.98. The molecule has 2 N–H and O–H groups in total. The summed E-state index contributed by atoms with van der Waals surface area (Å²) in [6, 6.07) is 10.5. The fraction of sp³-hybridized carbons (Fsp3) is 0.158. The summed E-state index contributed by atoms with van der Waals surface area (Å²) in [4.78, 5) is 10.5. The summed E-state index contributed by atoms with van der Waals surface area (Å²) in [6.45, 7) is 3.13. The first-order valence-corrected chi connectivity index (χ1v) is 8.00. The molecule has 0 spiro atoms. The first-order chi connectivity index (χ1) is 12.1. The number of pyridine rings is 2. The number of hydrogen-bond acceptors (Lipinski definition) is 5. The van der Waals surface area contributed by atoms with Crippen molar-refractivity contribution in [2.45, 2.75) is 6.92 Å². The number of nitrogens with zero attached hydrogens (tertiary/aromatic N) is 3. The van der Waals surface area contributed by atoms with Crippen LogP contribution in [0.2, 0.25) is 0 Å². The molecule has 4 rings (SSSR count). The predicted octanol–water partition coefficient (Wildman–Crippen LogP) is 3.70. The molecule has 126 valence electrons. The van der Waals surface area contributed by atoms with Crippen molar-refractivity contribution >= 4 is 17.2 Å². The van der Waals surface area contributed by atoms with E-state index in [0.717, 1.165) is 16.9 Å². The lowest BCUT2D eigenvalue weighted by Crippen LogP contribution is -2.28. The zero-order valence-electron chi connectivity index (χ0n) is 13.7. The van der Waals surface area contributed by atoms with Crippen molar-refractivity contribution in [3.05, 3.63) is 60.2 Å². The number of hydrogen-bond donors (Lipinski definition) is 1. The van der Waals surface area contributed by atoms with Gasteiger partial charge in [0.15, 0.2) is 5.75 Å². The van der Waals surface area contributed by atoms with Crippen LogP contribution in [0.15, 0.2) is 48.8 Å². The first kappa shape index (κ1) is 15.4. The molecule has 0 fully saturated rings. The van der Waals surface area contributed by atoms with Gasteiger partial charge in [-0.1, -0.05) is 11.6 Å². The van der Waals surface area contributed by atoms with Crippen molar-refractivity contribution < 1.29 is 9.13 Å². The molecule has 0 amide bonds. The van der Waals surface area contributed by atoms with Crippen LogP contribution in [0.5, 0.6) is 5.75 Å². The van der Waals surface area contributed by atoms with E-state index in [1.165, 1.54) is 6.07 Å². The van der Waals surface area contributed by atoms with Gasteiger partial charge in [-0.2, -0.15) is 0 Å². The van der Waals surface area contributed by atoms with Gasteiger partial charge >= 0.3 is 0 Å². The highest BCUT2D eigenvalue weighted by atomic mass is 19.1. The van der Waals surface area contributed by atoms with Crippen LogP contribution < -0.4 is 15.4 Å². The van der Waals surface area contributed by atoms with Crippen LogP contribution in [-0.4, -0.2) is 23.1 Å². The largest absolute Gasteiger partial charge is 0.488 e. The van der Waals surface area contributed by atoms with Gasteiger partial charge in [0.1, 0.15) is 18.2 Å². The van der Waals surface area contributed by atoms with E-state index in [1.807, 2.05) is 25.1 Å². The first-order valence-electron chi connectivity index (χ1n) is 8.00. The molecule has 1 aliphatic rings. The maximum absolute atomic E-state index is 14.3. The molecule has 0 saturated carbocycles. The Morgan fingerprint density at radius 3 is 2.88 bits per heavy atom. The van der Waals surface area contributed by atoms with E-state index in [2.05, 4.69) is 14.9 Å². The Morgan fingerprint density at radius 2 is 2.04 bits per heavy atom. The molecule has 5 nitrogen and oxygen atoms in total. The minimum absolute atomic E-state index is 0.297. The molecule has 0 bridgehead atoms. The summed E-state index contributed by atoms with van der Waals surface area (Å²) in [6.07, 6.45) is 3.31. The third kappa shape index (κ3) is 2.87. The number of halogens is 1. The van der Waals surface area contributed by atoms with Crippen LogP contribution in [0.4, 0.5) is 21.6 Å². The molecule has 25 heavy (non-hydrogen) atoms. The maximum atomic E-state index is 14.3. The molecule has 3 aromatic rings. The summed E-state index contributed by atoms with van der Waals surface area (Å²) in [7, 11) is 0. The number of anilines is 3. The van der Waals surface area contributed by atoms with Crippen molar-refractivity contribution in [1.29, 1.82) is 0 Å². The number of rotatable bonds is 2. The lowest BCUT2D eigenvalue weighted by Gasteiger charge is -2.31. The predicted molar refractivity (Wildman–Crippen MR) is 95.5 cm³/mol. The van der Waals surface area contributed by atoms with E-state index >= 15 is 0 Å². The van der Waals surface area contributed by atoms with Gasteiger partial charge in [0.05, 0.1) is 24.1 Å². The summed E-state index contributed by atoms with van der Waals surface area (Å²) < 4.78 is 20.0. The zero-order chi connectivity index (χ0) is 17.4. The van der Waals surface area contributed by atoms with Crippen molar-refractivity contribution in [1.82, 2.24) is 9.97 Å². The Hall–Kier alpha value is -3.15. The van der Waals surface area contributed by atoms with Crippen LogP contribution in [0, 0.1) is 12.7 Å². The second-order valence-electron chi connectivity index (χ2n) is 5.96. The summed E-state index contributed by atoms with van der Waals surface area (Å²) in [5.41, 5.74) is 9.58. The molecular weight excluding hydrogens is 319 g/mol. The fourth-order valence-corrected chi connectivity index (χ4v) is 2.98. The number of nitrogen functional groups attached to an aromatic ring is 1. The van der Waals surface area contributed by atoms with E-state index < -0.39 is 0 Å². The maximum Gasteiger partial charge on any atom is 0.161 e. The standard InChI is InChI=1S/C19H17FN4O/c1-12-2-3-15(20)14(8-12)16-10-17-18(11-23-16)25-7-6-24(17)13-4-5-22-19(21)9-13/h2-5,8-11H,6-7H2,1H3,(H2,21,22).